The fourth-order valence-electron chi connectivity index (χ4n) is 1.31. The van der Waals surface area contributed by atoms with Crippen LogP contribution in [0.3, 0.4) is 0 Å². The number of rotatable bonds is 3. The number of alkyl halides is 3. The number of nitrogens with zero attached hydrogens (tertiary/aromatic N) is 1. The summed E-state index contributed by atoms with van der Waals surface area (Å²) in [7, 11) is 0. The molecule has 1 aromatic rings. The second-order valence-corrected chi connectivity index (χ2v) is 3.15. The number of pyridine rings is 1. The maximum absolute atomic E-state index is 12.5. The van der Waals surface area contributed by atoms with Crippen LogP contribution in [-0.2, 0) is 12.5 Å². The molecule has 5 heteroatoms. The lowest BCUT2D eigenvalue weighted by Gasteiger charge is -2.10. The second-order valence-electron chi connectivity index (χ2n) is 2.88. The van der Waals surface area contributed by atoms with Crippen LogP contribution < -0.4 is 0 Å². The zero-order valence-corrected chi connectivity index (χ0v) is 8.35. The molecular formula is C9H10ClF2NO. The first-order valence-electron chi connectivity index (χ1n) is 4.04. The molecule has 0 aliphatic heterocycles. The monoisotopic (exact) mass is 221 g/mol. The van der Waals surface area contributed by atoms with Gasteiger partial charge in [-0.3, -0.25) is 4.98 Å². The van der Waals surface area contributed by atoms with E-state index in [0.29, 0.717) is 11.3 Å². The molecule has 0 bridgehead atoms. The van der Waals surface area contributed by atoms with Gasteiger partial charge in [0.05, 0.1) is 23.9 Å². The average Bonchev–Trinajstić information content (AvgIpc) is 2.15. The molecule has 14 heavy (non-hydrogen) atoms. The maximum atomic E-state index is 12.5. The Kier molecular flexibility index (Phi) is 3.77. The smallest absolute Gasteiger partial charge is 0.265 e. The molecule has 1 N–H and O–H groups in total. The SMILES string of the molecule is Cc1cc(CCl)nc(CO)c1C(F)F. The van der Waals surface area contributed by atoms with Crippen LogP contribution in [0.2, 0.25) is 0 Å². The van der Waals surface area contributed by atoms with Crippen LogP contribution in [0.1, 0.15) is 28.9 Å². The Bertz CT molecular complexity index is 331. The second kappa shape index (κ2) is 4.66. The minimum absolute atomic E-state index is 0.00986. The molecule has 0 saturated heterocycles. The highest BCUT2D eigenvalue weighted by atomic mass is 35.5. The Hall–Kier alpha value is -0.740. The number of hydrogen-bond donors (Lipinski definition) is 1. The molecule has 2 nitrogen and oxygen atoms in total. The Labute approximate surface area is 85.5 Å². The first-order chi connectivity index (χ1) is 6.60. The van der Waals surface area contributed by atoms with Crippen molar-refractivity contribution in [1.82, 2.24) is 4.98 Å². The molecule has 0 aromatic carbocycles. The molecule has 0 aliphatic rings. The lowest BCUT2D eigenvalue weighted by Crippen LogP contribution is -2.04. The normalized spacial score (nSPS) is 11.0. The number of hydrogen-bond acceptors (Lipinski definition) is 2. The van der Waals surface area contributed by atoms with Gasteiger partial charge in [0.2, 0.25) is 0 Å². The standard InChI is InChI=1S/C9H10ClF2NO/c1-5-2-6(3-10)13-7(4-14)8(5)9(11)12/h2,9,14H,3-4H2,1H3. The van der Waals surface area contributed by atoms with Gasteiger partial charge in [-0.05, 0) is 18.6 Å². The molecule has 1 rings (SSSR count). The van der Waals surface area contributed by atoms with Gasteiger partial charge in [-0.25, -0.2) is 8.78 Å². The summed E-state index contributed by atoms with van der Waals surface area (Å²) >= 11 is 5.53. The molecule has 0 unspecified atom stereocenters. The van der Waals surface area contributed by atoms with Gasteiger partial charge in [0, 0.05) is 5.56 Å². The van der Waals surface area contributed by atoms with Gasteiger partial charge in [0.25, 0.3) is 6.43 Å². The van der Waals surface area contributed by atoms with Gasteiger partial charge in [-0.2, -0.15) is 0 Å². The van der Waals surface area contributed by atoms with Crippen molar-refractivity contribution in [2.24, 2.45) is 0 Å². The van der Waals surface area contributed by atoms with Crippen molar-refractivity contribution in [1.29, 1.82) is 0 Å². The number of aromatic nitrogens is 1. The van der Waals surface area contributed by atoms with Gasteiger partial charge in [0.15, 0.2) is 0 Å². The molecule has 0 aliphatic carbocycles. The van der Waals surface area contributed by atoms with Crippen molar-refractivity contribution in [3.05, 3.63) is 28.6 Å². The van der Waals surface area contributed by atoms with Crippen LogP contribution in [-0.4, -0.2) is 10.1 Å². The zero-order chi connectivity index (χ0) is 10.7. The summed E-state index contributed by atoms with van der Waals surface area (Å²) < 4.78 is 25.1. The van der Waals surface area contributed by atoms with Crippen molar-refractivity contribution >= 4 is 11.6 Å². The van der Waals surface area contributed by atoms with E-state index in [0.717, 1.165) is 0 Å². The quantitative estimate of drug-likeness (QED) is 0.796. The highest BCUT2D eigenvalue weighted by Gasteiger charge is 2.17. The lowest BCUT2D eigenvalue weighted by atomic mass is 10.1. The molecule has 0 radical (unpaired) electrons. The number of aliphatic hydroxyl groups is 1. The molecule has 1 aromatic heterocycles. The van der Waals surface area contributed by atoms with E-state index in [4.69, 9.17) is 16.7 Å². The summed E-state index contributed by atoms with van der Waals surface area (Å²) in [6.07, 6.45) is -2.62. The molecule has 0 fully saturated rings. The summed E-state index contributed by atoms with van der Waals surface area (Å²) in [5.41, 5.74) is 0.726. The van der Waals surface area contributed by atoms with Gasteiger partial charge >= 0.3 is 0 Å². The van der Waals surface area contributed by atoms with E-state index < -0.39 is 13.0 Å². The number of halogens is 3. The predicted octanol–water partition coefficient (Wildman–Crippen LogP) is 2.56. The van der Waals surface area contributed by atoms with Crippen molar-refractivity contribution in [3.63, 3.8) is 0 Å². The van der Waals surface area contributed by atoms with Crippen LogP contribution in [0.25, 0.3) is 0 Å². The first-order valence-corrected chi connectivity index (χ1v) is 4.57. The van der Waals surface area contributed by atoms with E-state index >= 15 is 0 Å². The van der Waals surface area contributed by atoms with Crippen LogP contribution >= 0.6 is 11.6 Å². The van der Waals surface area contributed by atoms with E-state index in [2.05, 4.69) is 4.98 Å². The third kappa shape index (κ3) is 2.19. The molecule has 0 spiro atoms. The summed E-state index contributed by atoms with van der Waals surface area (Å²) in [4.78, 5) is 3.83. The fraction of sp³-hybridized carbons (Fsp3) is 0.444. The molecule has 0 atom stereocenters. The van der Waals surface area contributed by atoms with Gasteiger partial charge in [0.1, 0.15) is 0 Å². The largest absolute Gasteiger partial charge is 0.390 e. The zero-order valence-electron chi connectivity index (χ0n) is 7.60. The molecule has 0 saturated carbocycles. The van der Waals surface area contributed by atoms with Crippen molar-refractivity contribution in [2.45, 2.75) is 25.8 Å². The van der Waals surface area contributed by atoms with Crippen molar-refractivity contribution in [2.75, 3.05) is 0 Å². The molecule has 78 valence electrons. The predicted molar refractivity (Wildman–Crippen MR) is 49.4 cm³/mol. The average molecular weight is 222 g/mol. The van der Waals surface area contributed by atoms with Crippen LogP contribution in [0, 0.1) is 6.92 Å². The Balaban J connectivity index is 3.27. The van der Waals surface area contributed by atoms with Crippen molar-refractivity contribution in [3.8, 4) is 0 Å². The first kappa shape index (κ1) is 11.3. The van der Waals surface area contributed by atoms with E-state index in [9.17, 15) is 8.78 Å². The third-order valence-corrected chi connectivity index (χ3v) is 2.18. The third-order valence-electron chi connectivity index (χ3n) is 1.90. The van der Waals surface area contributed by atoms with Crippen LogP contribution in [0.4, 0.5) is 8.78 Å². The minimum atomic E-state index is -2.62. The topological polar surface area (TPSA) is 33.1 Å². The van der Waals surface area contributed by atoms with Gasteiger partial charge < -0.3 is 5.11 Å². The molecule has 1 heterocycles. The van der Waals surface area contributed by atoms with Crippen LogP contribution in [0.5, 0.6) is 0 Å². The summed E-state index contributed by atoms with van der Waals surface area (Å²) in [6.45, 7) is 1.06. The van der Waals surface area contributed by atoms with Gasteiger partial charge in [-0.1, -0.05) is 0 Å². The summed E-state index contributed by atoms with van der Waals surface area (Å²) in [5.74, 6) is 0.150. The maximum Gasteiger partial charge on any atom is 0.265 e. The Morgan fingerprint density at radius 2 is 2.21 bits per heavy atom. The Morgan fingerprint density at radius 1 is 1.57 bits per heavy atom. The highest BCUT2D eigenvalue weighted by Crippen LogP contribution is 2.26. The minimum Gasteiger partial charge on any atom is -0.390 e. The fourth-order valence-corrected chi connectivity index (χ4v) is 1.45. The van der Waals surface area contributed by atoms with E-state index in [1.54, 1.807) is 6.92 Å². The number of aliphatic hydroxyl groups excluding tert-OH is 1. The van der Waals surface area contributed by atoms with E-state index in [1.807, 2.05) is 0 Å². The summed E-state index contributed by atoms with van der Waals surface area (Å²) in [5, 5.41) is 8.87. The van der Waals surface area contributed by atoms with Crippen LogP contribution in [0.15, 0.2) is 6.07 Å². The van der Waals surface area contributed by atoms with E-state index in [1.165, 1.54) is 6.07 Å². The van der Waals surface area contributed by atoms with Gasteiger partial charge in [-0.15, -0.1) is 11.6 Å². The lowest BCUT2D eigenvalue weighted by molar-refractivity contribution is 0.145. The molecule has 0 amide bonds. The highest BCUT2D eigenvalue weighted by molar-refractivity contribution is 6.16. The van der Waals surface area contributed by atoms with E-state index in [-0.39, 0.29) is 17.1 Å². The summed E-state index contributed by atoms with van der Waals surface area (Å²) in [6, 6.07) is 1.51. The molecular weight excluding hydrogens is 212 g/mol. The Morgan fingerprint density at radius 3 is 2.64 bits per heavy atom. The van der Waals surface area contributed by atoms with Crippen molar-refractivity contribution < 1.29 is 13.9 Å². The number of aryl methyl sites for hydroxylation is 1.